The molecule has 0 atom stereocenters. The zero-order valence-corrected chi connectivity index (χ0v) is 12.3. The number of hydrogen-bond donors (Lipinski definition) is 0. The van der Waals surface area contributed by atoms with Crippen LogP contribution in [0.1, 0.15) is 0 Å². The van der Waals surface area contributed by atoms with E-state index < -0.39 is 0 Å². The molecule has 0 radical (unpaired) electrons. The Labute approximate surface area is 115 Å². The van der Waals surface area contributed by atoms with E-state index >= 15 is 0 Å². The Morgan fingerprint density at radius 3 is 2.06 bits per heavy atom. The summed E-state index contributed by atoms with van der Waals surface area (Å²) in [4.78, 5) is 14.3. The first-order chi connectivity index (χ1) is 8.74. The van der Waals surface area contributed by atoms with Crippen LogP contribution in [0.3, 0.4) is 0 Å². The number of ether oxygens (including phenoxy) is 3. The van der Waals surface area contributed by atoms with Crippen molar-refractivity contribution in [2.75, 3.05) is 51.3 Å². The average Bonchev–Trinajstić information content (AvgIpc) is 2.42. The summed E-state index contributed by atoms with van der Waals surface area (Å²) >= 11 is 3.39. The van der Waals surface area contributed by atoms with Crippen molar-refractivity contribution in [3.8, 4) is 12.0 Å². The van der Waals surface area contributed by atoms with Crippen molar-refractivity contribution in [2.45, 2.75) is 0 Å². The Bertz CT molecular complexity index is 345. The first kappa shape index (κ1) is 14.9. The molecular formula is C10H17BrN4O3. The normalized spacial score (nSPS) is 10.2. The lowest BCUT2D eigenvalue weighted by Crippen LogP contribution is -2.31. The predicted octanol–water partition coefficient (Wildman–Crippen LogP) is 0.737. The zero-order chi connectivity index (χ0) is 13.4. The number of methoxy groups -OCH3 is 3. The molecule has 102 valence electrons. The minimum atomic E-state index is 0.230. The number of aromatic nitrogens is 3. The molecule has 0 fully saturated rings. The van der Waals surface area contributed by atoms with Gasteiger partial charge in [-0.3, -0.25) is 0 Å². The SMILES string of the molecule is COCCN(CCBr)c1nc(OC)nc(OC)n1. The summed E-state index contributed by atoms with van der Waals surface area (Å²) in [5.74, 6) is 0.509. The Hall–Kier alpha value is -1.15. The van der Waals surface area contributed by atoms with Crippen LogP contribution in [-0.2, 0) is 4.74 Å². The van der Waals surface area contributed by atoms with Gasteiger partial charge < -0.3 is 19.1 Å². The van der Waals surface area contributed by atoms with Gasteiger partial charge in [0.15, 0.2) is 0 Å². The summed E-state index contributed by atoms with van der Waals surface area (Å²) in [6, 6.07) is 0.461. The number of alkyl halides is 1. The summed E-state index contributed by atoms with van der Waals surface area (Å²) in [6.07, 6.45) is 0. The van der Waals surface area contributed by atoms with Crippen LogP contribution in [-0.4, -0.2) is 61.3 Å². The second kappa shape index (κ2) is 8.04. The van der Waals surface area contributed by atoms with E-state index in [2.05, 4.69) is 30.9 Å². The third-order valence-electron chi connectivity index (χ3n) is 2.15. The summed E-state index contributed by atoms with van der Waals surface area (Å²) < 4.78 is 15.1. The van der Waals surface area contributed by atoms with E-state index in [-0.39, 0.29) is 12.0 Å². The maximum absolute atomic E-state index is 5.06. The molecule has 1 aromatic rings. The monoisotopic (exact) mass is 320 g/mol. The Kier molecular flexibility index (Phi) is 6.66. The molecule has 0 unspecified atom stereocenters. The number of hydrogen-bond acceptors (Lipinski definition) is 7. The summed E-state index contributed by atoms with van der Waals surface area (Å²) in [7, 11) is 4.66. The van der Waals surface area contributed by atoms with E-state index in [0.717, 1.165) is 11.9 Å². The molecule has 1 rings (SSSR count). The van der Waals surface area contributed by atoms with Gasteiger partial charge in [0.2, 0.25) is 5.95 Å². The molecule has 18 heavy (non-hydrogen) atoms. The molecule has 0 aliphatic rings. The fourth-order valence-electron chi connectivity index (χ4n) is 1.27. The van der Waals surface area contributed by atoms with E-state index in [1.807, 2.05) is 4.90 Å². The Morgan fingerprint density at radius 2 is 1.61 bits per heavy atom. The minimum absolute atomic E-state index is 0.230. The largest absolute Gasteiger partial charge is 0.467 e. The van der Waals surface area contributed by atoms with Gasteiger partial charge in [-0.05, 0) is 0 Å². The van der Waals surface area contributed by atoms with Gasteiger partial charge in [-0.1, -0.05) is 15.9 Å². The van der Waals surface area contributed by atoms with Crippen LogP contribution in [0.5, 0.6) is 12.0 Å². The van der Waals surface area contributed by atoms with Crippen LogP contribution >= 0.6 is 15.9 Å². The van der Waals surface area contributed by atoms with Gasteiger partial charge >= 0.3 is 12.0 Å². The van der Waals surface area contributed by atoms with Crippen LogP contribution in [0.15, 0.2) is 0 Å². The lowest BCUT2D eigenvalue weighted by molar-refractivity contribution is 0.205. The minimum Gasteiger partial charge on any atom is -0.467 e. The Balaban J connectivity index is 2.93. The van der Waals surface area contributed by atoms with Crippen molar-refractivity contribution in [1.82, 2.24) is 15.0 Å². The zero-order valence-electron chi connectivity index (χ0n) is 10.7. The highest BCUT2D eigenvalue weighted by molar-refractivity contribution is 9.09. The van der Waals surface area contributed by atoms with Crippen LogP contribution < -0.4 is 14.4 Å². The first-order valence-electron chi connectivity index (χ1n) is 5.39. The van der Waals surface area contributed by atoms with Gasteiger partial charge in [0, 0.05) is 25.5 Å². The molecule has 0 spiro atoms. The van der Waals surface area contributed by atoms with Crippen molar-refractivity contribution in [3.05, 3.63) is 0 Å². The van der Waals surface area contributed by atoms with E-state index in [0.29, 0.717) is 19.1 Å². The van der Waals surface area contributed by atoms with Gasteiger partial charge in [0.25, 0.3) is 0 Å². The smallest absolute Gasteiger partial charge is 0.324 e. The van der Waals surface area contributed by atoms with Crippen molar-refractivity contribution in [3.63, 3.8) is 0 Å². The van der Waals surface area contributed by atoms with Crippen molar-refractivity contribution in [2.24, 2.45) is 0 Å². The molecule has 0 aliphatic heterocycles. The summed E-state index contributed by atoms with van der Waals surface area (Å²) in [5.41, 5.74) is 0. The summed E-state index contributed by atoms with van der Waals surface area (Å²) in [6.45, 7) is 2.02. The average molecular weight is 321 g/mol. The molecule has 1 aromatic heterocycles. The molecular weight excluding hydrogens is 304 g/mol. The van der Waals surface area contributed by atoms with E-state index in [1.54, 1.807) is 7.11 Å². The van der Waals surface area contributed by atoms with Crippen LogP contribution in [0.2, 0.25) is 0 Å². The molecule has 0 N–H and O–H groups in total. The van der Waals surface area contributed by atoms with Gasteiger partial charge in [0.05, 0.1) is 20.8 Å². The highest BCUT2D eigenvalue weighted by atomic mass is 79.9. The van der Waals surface area contributed by atoms with Crippen molar-refractivity contribution >= 4 is 21.9 Å². The van der Waals surface area contributed by atoms with E-state index in [1.165, 1.54) is 14.2 Å². The maximum Gasteiger partial charge on any atom is 0.324 e. The second-order valence-electron chi connectivity index (χ2n) is 3.28. The highest BCUT2D eigenvalue weighted by Gasteiger charge is 2.13. The molecule has 0 aromatic carbocycles. The fourth-order valence-corrected chi connectivity index (χ4v) is 1.70. The maximum atomic E-state index is 5.06. The Morgan fingerprint density at radius 1 is 1.00 bits per heavy atom. The number of anilines is 1. The third-order valence-corrected chi connectivity index (χ3v) is 2.50. The van der Waals surface area contributed by atoms with Crippen LogP contribution in [0, 0.1) is 0 Å². The third kappa shape index (κ3) is 4.26. The second-order valence-corrected chi connectivity index (χ2v) is 4.07. The van der Waals surface area contributed by atoms with Gasteiger partial charge in [0.1, 0.15) is 0 Å². The quantitative estimate of drug-likeness (QED) is 0.654. The molecule has 0 saturated carbocycles. The summed E-state index contributed by atoms with van der Waals surface area (Å²) in [5, 5.41) is 0.799. The first-order valence-corrected chi connectivity index (χ1v) is 6.51. The van der Waals surface area contributed by atoms with Gasteiger partial charge in [-0.25, -0.2) is 0 Å². The van der Waals surface area contributed by atoms with E-state index in [4.69, 9.17) is 14.2 Å². The van der Waals surface area contributed by atoms with Gasteiger partial charge in [-0.2, -0.15) is 9.97 Å². The van der Waals surface area contributed by atoms with Crippen LogP contribution in [0.4, 0.5) is 5.95 Å². The molecule has 7 nitrogen and oxygen atoms in total. The lowest BCUT2D eigenvalue weighted by atomic mass is 10.5. The number of nitrogens with zero attached hydrogens (tertiary/aromatic N) is 4. The van der Waals surface area contributed by atoms with Crippen molar-refractivity contribution in [1.29, 1.82) is 0 Å². The van der Waals surface area contributed by atoms with Crippen molar-refractivity contribution < 1.29 is 14.2 Å². The molecule has 1 heterocycles. The van der Waals surface area contributed by atoms with Gasteiger partial charge in [-0.15, -0.1) is 4.98 Å². The standard InChI is InChI=1S/C10H17BrN4O3/c1-16-7-6-15(5-4-11)8-12-9(17-2)14-10(13-8)18-3/h4-7H2,1-3H3. The molecule has 0 saturated heterocycles. The lowest BCUT2D eigenvalue weighted by Gasteiger charge is -2.21. The fraction of sp³-hybridized carbons (Fsp3) is 0.700. The molecule has 8 heteroatoms. The van der Waals surface area contributed by atoms with Crippen LogP contribution in [0.25, 0.3) is 0 Å². The number of rotatable bonds is 8. The molecule has 0 aliphatic carbocycles. The van der Waals surface area contributed by atoms with E-state index in [9.17, 15) is 0 Å². The molecule has 0 amide bonds. The topological polar surface area (TPSA) is 69.6 Å². The molecule has 0 bridgehead atoms. The number of halogens is 1. The highest BCUT2D eigenvalue weighted by Crippen LogP contribution is 2.15. The predicted molar refractivity (Wildman–Crippen MR) is 70.8 cm³/mol.